The van der Waals surface area contributed by atoms with Crippen molar-refractivity contribution >= 4 is 23.6 Å². The number of amides is 1. The molecule has 1 amide bonds. The van der Waals surface area contributed by atoms with Crippen LogP contribution in [-0.4, -0.2) is 29.3 Å². The lowest BCUT2D eigenvalue weighted by Crippen LogP contribution is -2.28. The topological polar surface area (TPSA) is 79.5 Å². The molecule has 0 radical (unpaired) electrons. The molecule has 2 aromatic rings. The van der Waals surface area contributed by atoms with E-state index in [0.717, 1.165) is 12.2 Å². The van der Waals surface area contributed by atoms with E-state index in [2.05, 4.69) is 17.4 Å². The van der Waals surface area contributed by atoms with Crippen molar-refractivity contribution in [2.75, 3.05) is 12.3 Å². The molecule has 0 spiro atoms. The Kier molecular flexibility index (Phi) is 4.94. The SMILES string of the molecule is CCc1oc(C(=O)NCC2SCCc3ccccc32)cc1C(=O)O. The molecule has 0 saturated carbocycles. The Morgan fingerprint density at radius 3 is 2.88 bits per heavy atom. The van der Waals surface area contributed by atoms with Gasteiger partial charge in [0.05, 0.1) is 0 Å². The molecule has 2 heterocycles. The van der Waals surface area contributed by atoms with Crippen molar-refractivity contribution in [2.45, 2.75) is 25.0 Å². The van der Waals surface area contributed by atoms with Crippen LogP contribution in [0.1, 0.15) is 50.0 Å². The molecule has 1 aliphatic heterocycles. The van der Waals surface area contributed by atoms with Gasteiger partial charge in [-0.2, -0.15) is 11.8 Å². The van der Waals surface area contributed by atoms with Crippen LogP contribution in [0.2, 0.25) is 0 Å². The lowest BCUT2D eigenvalue weighted by molar-refractivity contribution is 0.0694. The molecular formula is C18H19NO4S. The van der Waals surface area contributed by atoms with Crippen molar-refractivity contribution < 1.29 is 19.1 Å². The highest BCUT2D eigenvalue weighted by molar-refractivity contribution is 7.99. The molecule has 2 N–H and O–H groups in total. The van der Waals surface area contributed by atoms with Gasteiger partial charge in [-0.15, -0.1) is 0 Å². The molecule has 0 fully saturated rings. The van der Waals surface area contributed by atoms with Gasteiger partial charge in [0.15, 0.2) is 5.76 Å². The summed E-state index contributed by atoms with van der Waals surface area (Å²) < 4.78 is 5.40. The third kappa shape index (κ3) is 3.33. The minimum Gasteiger partial charge on any atom is -0.478 e. The maximum Gasteiger partial charge on any atom is 0.339 e. The van der Waals surface area contributed by atoms with Crippen LogP contribution in [-0.2, 0) is 12.8 Å². The van der Waals surface area contributed by atoms with Crippen molar-refractivity contribution in [3.8, 4) is 0 Å². The van der Waals surface area contributed by atoms with Gasteiger partial charge in [-0.3, -0.25) is 4.79 Å². The molecule has 1 aromatic heterocycles. The number of thioether (sulfide) groups is 1. The number of carboxylic acid groups (broad SMARTS) is 1. The molecular weight excluding hydrogens is 326 g/mol. The average molecular weight is 345 g/mol. The van der Waals surface area contributed by atoms with Gasteiger partial charge in [0.2, 0.25) is 0 Å². The molecule has 1 aliphatic rings. The highest BCUT2D eigenvalue weighted by Gasteiger charge is 2.23. The number of rotatable bonds is 5. The summed E-state index contributed by atoms with van der Waals surface area (Å²) in [5.41, 5.74) is 2.64. The number of nitrogens with one attached hydrogen (secondary N) is 1. The third-order valence-corrected chi connectivity index (χ3v) is 5.39. The van der Waals surface area contributed by atoms with Crippen LogP contribution >= 0.6 is 11.8 Å². The molecule has 1 unspecified atom stereocenters. The Morgan fingerprint density at radius 2 is 2.17 bits per heavy atom. The predicted molar refractivity (Wildman–Crippen MR) is 92.7 cm³/mol. The van der Waals surface area contributed by atoms with Gasteiger partial charge in [-0.05, 0) is 23.3 Å². The minimum absolute atomic E-state index is 0.0540. The molecule has 126 valence electrons. The summed E-state index contributed by atoms with van der Waals surface area (Å²) in [7, 11) is 0. The van der Waals surface area contributed by atoms with Gasteiger partial charge in [-0.1, -0.05) is 31.2 Å². The van der Waals surface area contributed by atoms with E-state index in [1.165, 1.54) is 17.2 Å². The maximum atomic E-state index is 12.3. The van der Waals surface area contributed by atoms with Crippen molar-refractivity contribution in [1.82, 2.24) is 5.32 Å². The molecule has 5 nitrogen and oxygen atoms in total. The number of benzene rings is 1. The lowest BCUT2D eigenvalue weighted by atomic mass is 10.0. The van der Waals surface area contributed by atoms with E-state index in [0.29, 0.717) is 18.7 Å². The van der Waals surface area contributed by atoms with Crippen molar-refractivity contribution in [2.24, 2.45) is 0 Å². The van der Waals surface area contributed by atoms with E-state index < -0.39 is 5.97 Å². The molecule has 0 bridgehead atoms. The zero-order valence-corrected chi connectivity index (χ0v) is 14.2. The van der Waals surface area contributed by atoms with Crippen LogP contribution in [0.15, 0.2) is 34.7 Å². The Bertz CT molecular complexity index is 768. The Balaban J connectivity index is 1.70. The van der Waals surface area contributed by atoms with E-state index in [1.54, 1.807) is 6.92 Å². The fourth-order valence-corrected chi connectivity index (χ4v) is 4.14. The summed E-state index contributed by atoms with van der Waals surface area (Å²) >= 11 is 1.82. The van der Waals surface area contributed by atoms with E-state index in [-0.39, 0.29) is 22.5 Å². The van der Waals surface area contributed by atoms with Gasteiger partial charge in [0.25, 0.3) is 5.91 Å². The van der Waals surface area contributed by atoms with Gasteiger partial charge in [0, 0.05) is 24.3 Å². The number of hydrogen-bond donors (Lipinski definition) is 2. The summed E-state index contributed by atoms with van der Waals surface area (Å²) in [6, 6.07) is 9.58. The second-order valence-electron chi connectivity index (χ2n) is 5.62. The molecule has 1 aromatic carbocycles. The number of fused-ring (bicyclic) bond motifs is 1. The summed E-state index contributed by atoms with van der Waals surface area (Å²) in [6.45, 7) is 2.29. The van der Waals surface area contributed by atoms with Crippen LogP contribution < -0.4 is 5.32 Å². The summed E-state index contributed by atoms with van der Waals surface area (Å²) in [4.78, 5) is 23.5. The smallest absolute Gasteiger partial charge is 0.339 e. The van der Waals surface area contributed by atoms with Crippen LogP contribution in [0.5, 0.6) is 0 Å². The number of hydrogen-bond acceptors (Lipinski definition) is 4. The molecule has 0 aliphatic carbocycles. The highest BCUT2D eigenvalue weighted by atomic mass is 32.2. The van der Waals surface area contributed by atoms with Gasteiger partial charge in [-0.25, -0.2) is 4.79 Å². The highest BCUT2D eigenvalue weighted by Crippen LogP contribution is 2.36. The summed E-state index contributed by atoms with van der Waals surface area (Å²) in [5, 5.41) is 12.2. The molecule has 24 heavy (non-hydrogen) atoms. The van der Waals surface area contributed by atoms with E-state index in [1.807, 2.05) is 23.9 Å². The molecule has 0 saturated heterocycles. The van der Waals surface area contributed by atoms with Crippen LogP contribution in [0.3, 0.4) is 0 Å². The fourth-order valence-electron chi connectivity index (χ4n) is 2.90. The first-order valence-corrected chi connectivity index (χ1v) is 8.98. The quantitative estimate of drug-likeness (QED) is 0.869. The standard InChI is InChI=1S/C18H19NO4S/c1-2-14-13(18(21)22)9-15(23-14)17(20)19-10-16-12-6-4-3-5-11(12)7-8-24-16/h3-6,9,16H,2,7-8,10H2,1H3,(H,19,20)(H,21,22). The normalized spacial score (nSPS) is 16.5. The zero-order chi connectivity index (χ0) is 17.1. The number of carboxylic acids is 1. The average Bonchev–Trinajstić information content (AvgIpc) is 3.04. The Morgan fingerprint density at radius 1 is 1.38 bits per heavy atom. The van der Waals surface area contributed by atoms with E-state index >= 15 is 0 Å². The summed E-state index contributed by atoms with van der Waals surface area (Å²) in [6.07, 6.45) is 1.48. The van der Waals surface area contributed by atoms with Crippen molar-refractivity contribution in [3.05, 3.63) is 58.5 Å². The molecule has 6 heteroatoms. The second kappa shape index (κ2) is 7.13. The first-order valence-electron chi connectivity index (χ1n) is 7.93. The third-order valence-electron chi connectivity index (χ3n) is 4.12. The van der Waals surface area contributed by atoms with Gasteiger partial charge < -0.3 is 14.8 Å². The number of furan rings is 1. The van der Waals surface area contributed by atoms with Crippen LogP contribution in [0, 0.1) is 0 Å². The minimum atomic E-state index is -1.08. The predicted octanol–water partition coefficient (Wildman–Crippen LogP) is 3.30. The molecule has 1 atom stereocenters. The van der Waals surface area contributed by atoms with Crippen LogP contribution in [0.4, 0.5) is 0 Å². The van der Waals surface area contributed by atoms with Crippen LogP contribution in [0.25, 0.3) is 0 Å². The van der Waals surface area contributed by atoms with E-state index in [9.17, 15) is 9.59 Å². The number of aromatic carboxylic acids is 1. The monoisotopic (exact) mass is 345 g/mol. The largest absolute Gasteiger partial charge is 0.478 e. The second-order valence-corrected chi connectivity index (χ2v) is 6.94. The van der Waals surface area contributed by atoms with E-state index in [4.69, 9.17) is 9.52 Å². The Labute approximate surface area is 144 Å². The Hall–Kier alpha value is -2.21. The fraction of sp³-hybridized carbons (Fsp3) is 0.333. The first-order chi connectivity index (χ1) is 11.6. The van der Waals surface area contributed by atoms with Gasteiger partial charge >= 0.3 is 5.97 Å². The van der Waals surface area contributed by atoms with Crippen molar-refractivity contribution in [1.29, 1.82) is 0 Å². The van der Waals surface area contributed by atoms with Gasteiger partial charge in [0.1, 0.15) is 11.3 Å². The number of carbonyl (C=O) groups excluding carboxylic acids is 1. The molecule has 3 rings (SSSR count). The van der Waals surface area contributed by atoms with Crippen molar-refractivity contribution in [3.63, 3.8) is 0 Å². The first kappa shape index (κ1) is 16.6. The maximum absolute atomic E-state index is 12.3. The number of carbonyl (C=O) groups is 2. The summed E-state index contributed by atoms with van der Waals surface area (Å²) in [5.74, 6) is -0.0443. The zero-order valence-electron chi connectivity index (χ0n) is 13.4. The lowest BCUT2D eigenvalue weighted by Gasteiger charge is -2.25. The number of aryl methyl sites for hydroxylation is 2.